The summed E-state index contributed by atoms with van der Waals surface area (Å²) < 4.78 is 5.59. The number of nitrogens with zero attached hydrogens (tertiary/aromatic N) is 1. The molecule has 6 nitrogen and oxygen atoms in total. The second kappa shape index (κ2) is 14.5. The number of aryl methyl sites for hydroxylation is 1. The molecule has 3 aromatic carbocycles. The lowest BCUT2D eigenvalue weighted by Gasteiger charge is -2.30. The van der Waals surface area contributed by atoms with Gasteiger partial charge in [0.1, 0.15) is 6.04 Å². The normalized spacial score (nSPS) is 18.0. The lowest BCUT2D eigenvalue weighted by Crippen LogP contribution is -2.41. The Kier molecular flexibility index (Phi) is 10.8. The number of ether oxygens (including phenoxy) is 1. The minimum Gasteiger partial charge on any atom is -0.480 e. The van der Waals surface area contributed by atoms with Gasteiger partial charge in [0.25, 0.3) is 5.91 Å². The van der Waals surface area contributed by atoms with Gasteiger partial charge >= 0.3 is 5.97 Å². The quantitative estimate of drug-likeness (QED) is 0.274. The summed E-state index contributed by atoms with van der Waals surface area (Å²) in [4.78, 5) is 27.9. The number of hydrogen-bond donors (Lipinski definition) is 2. The molecule has 212 valence electrons. The van der Waals surface area contributed by atoms with Crippen LogP contribution >= 0.6 is 11.8 Å². The van der Waals surface area contributed by atoms with Gasteiger partial charge in [0.2, 0.25) is 0 Å². The van der Waals surface area contributed by atoms with Crippen LogP contribution in [-0.4, -0.2) is 65.7 Å². The predicted molar refractivity (Wildman–Crippen MR) is 163 cm³/mol. The van der Waals surface area contributed by atoms with Crippen LogP contribution in [0.25, 0.3) is 11.1 Å². The standard InChI is InChI=1S/C33H40N2O4S/c1-23-9-7-8-12-28(23)30-20-25(13-16-29(30)32(36)34-31(33(37)38)17-18-40-3)21-35-26(14-15-27(35)22-39-2)19-24-10-5-4-6-11-24/h4-13,16,20,26-27,31H,14-15,17-19,21-22H2,1-3H3,(H,34,36)(H,37,38)/t26-,27+,31-/m0/s1. The van der Waals surface area contributed by atoms with Crippen molar-refractivity contribution in [2.75, 3.05) is 25.7 Å². The van der Waals surface area contributed by atoms with E-state index in [2.05, 4.69) is 46.6 Å². The summed E-state index contributed by atoms with van der Waals surface area (Å²) in [7, 11) is 1.76. The van der Waals surface area contributed by atoms with Gasteiger partial charge in [0.15, 0.2) is 0 Å². The Morgan fingerprint density at radius 2 is 1.73 bits per heavy atom. The number of aliphatic carboxylic acids is 1. The number of likely N-dealkylation sites (tertiary alicyclic amines) is 1. The van der Waals surface area contributed by atoms with E-state index in [1.165, 1.54) is 5.56 Å². The first kappa shape index (κ1) is 29.8. The van der Waals surface area contributed by atoms with Gasteiger partial charge in [-0.25, -0.2) is 4.79 Å². The topological polar surface area (TPSA) is 78.9 Å². The maximum absolute atomic E-state index is 13.5. The maximum atomic E-state index is 13.5. The van der Waals surface area contributed by atoms with E-state index in [9.17, 15) is 14.7 Å². The molecule has 3 atom stereocenters. The number of amides is 1. The van der Waals surface area contributed by atoms with E-state index >= 15 is 0 Å². The molecule has 0 radical (unpaired) electrons. The molecule has 1 amide bonds. The molecule has 0 saturated carbocycles. The van der Waals surface area contributed by atoms with E-state index in [1.807, 2.05) is 49.6 Å². The summed E-state index contributed by atoms with van der Waals surface area (Å²) in [6.45, 7) is 3.47. The molecule has 40 heavy (non-hydrogen) atoms. The molecule has 3 aromatic rings. The number of carbonyl (C=O) groups is 2. The summed E-state index contributed by atoms with van der Waals surface area (Å²) in [5.41, 5.74) is 5.80. The Morgan fingerprint density at radius 1 is 1.00 bits per heavy atom. The predicted octanol–water partition coefficient (Wildman–Crippen LogP) is 5.82. The van der Waals surface area contributed by atoms with Gasteiger partial charge in [-0.05, 0) is 84.6 Å². The van der Waals surface area contributed by atoms with Gasteiger partial charge in [-0.3, -0.25) is 9.69 Å². The van der Waals surface area contributed by atoms with Crippen molar-refractivity contribution in [1.29, 1.82) is 0 Å². The van der Waals surface area contributed by atoms with Crippen LogP contribution in [0.4, 0.5) is 0 Å². The molecular weight excluding hydrogens is 520 g/mol. The fraction of sp³-hybridized carbons (Fsp3) is 0.394. The Hall–Kier alpha value is -3.13. The van der Waals surface area contributed by atoms with Crippen molar-refractivity contribution in [2.45, 2.75) is 57.3 Å². The molecule has 0 spiro atoms. The fourth-order valence-corrected chi connectivity index (χ4v) is 6.15. The van der Waals surface area contributed by atoms with Crippen LogP contribution in [-0.2, 0) is 22.5 Å². The number of hydrogen-bond acceptors (Lipinski definition) is 5. The van der Waals surface area contributed by atoms with Crippen molar-refractivity contribution in [3.63, 3.8) is 0 Å². The Labute approximate surface area is 242 Å². The first-order valence-corrected chi connectivity index (χ1v) is 15.3. The van der Waals surface area contributed by atoms with E-state index in [4.69, 9.17) is 4.74 Å². The zero-order valence-corrected chi connectivity index (χ0v) is 24.5. The van der Waals surface area contributed by atoms with Gasteiger partial charge in [-0.15, -0.1) is 0 Å². The molecule has 1 saturated heterocycles. The molecule has 2 N–H and O–H groups in total. The summed E-state index contributed by atoms with van der Waals surface area (Å²) in [6, 6.07) is 24.4. The summed E-state index contributed by atoms with van der Waals surface area (Å²) in [6.07, 6.45) is 5.49. The number of rotatable bonds is 13. The second-order valence-corrected chi connectivity index (χ2v) is 11.5. The smallest absolute Gasteiger partial charge is 0.326 e. The van der Waals surface area contributed by atoms with Crippen molar-refractivity contribution in [1.82, 2.24) is 10.2 Å². The van der Waals surface area contributed by atoms with Gasteiger partial charge in [-0.2, -0.15) is 11.8 Å². The Bertz CT molecular complexity index is 1280. The van der Waals surface area contributed by atoms with Crippen LogP contribution in [0.5, 0.6) is 0 Å². The first-order valence-electron chi connectivity index (χ1n) is 13.9. The Morgan fingerprint density at radius 3 is 2.42 bits per heavy atom. The third-order valence-electron chi connectivity index (χ3n) is 7.79. The number of benzene rings is 3. The zero-order chi connectivity index (χ0) is 28.5. The van der Waals surface area contributed by atoms with E-state index in [1.54, 1.807) is 18.9 Å². The maximum Gasteiger partial charge on any atom is 0.326 e. The largest absolute Gasteiger partial charge is 0.480 e. The van der Waals surface area contributed by atoms with Gasteiger partial charge < -0.3 is 15.2 Å². The average molecular weight is 561 g/mol. The highest BCUT2D eigenvalue weighted by Gasteiger charge is 2.33. The number of carboxylic acids is 1. The second-order valence-electron chi connectivity index (χ2n) is 10.5. The third kappa shape index (κ3) is 7.53. The van der Waals surface area contributed by atoms with Crippen molar-refractivity contribution < 1.29 is 19.4 Å². The van der Waals surface area contributed by atoms with Gasteiger partial charge in [0, 0.05) is 31.3 Å². The van der Waals surface area contributed by atoms with Crippen molar-refractivity contribution in [2.24, 2.45) is 0 Å². The first-order chi connectivity index (χ1) is 19.4. The molecule has 0 bridgehead atoms. The van der Waals surface area contributed by atoms with Crippen LogP contribution in [0.15, 0.2) is 72.8 Å². The van der Waals surface area contributed by atoms with Gasteiger partial charge in [-0.1, -0.05) is 60.7 Å². The molecule has 7 heteroatoms. The Balaban J connectivity index is 1.65. The van der Waals surface area contributed by atoms with E-state index < -0.39 is 12.0 Å². The van der Waals surface area contributed by atoms with E-state index in [0.29, 0.717) is 36.4 Å². The lowest BCUT2D eigenvalue weighted by atomic mass is 9.93. The van der Waals surface area contributed by atoms with Crippen LogP contribution < -0.4 is 5.32 Å². The monoisotopic (exact) mass is 560 g/mol. The molecule has 1 heterocycles. The van der Waals surface area contributed by atoms with E-state index in [-0.39, 0.29) is 5.91 Å². The molecule has 1 aliphatic heterocycles. The zero-order valence-electron chi connectivity index (χ0n) is 23.6. The molecule has 1 aliphatic rings. The average Bonchev–Trinajstić information content (AvgIpc) is 3.32. The van der Waals surface area contributed by atoms with E-state index in [0.717, 1.165) is 48.1 Å². The van der Waals surface area contributed by atoms with Crippen LogP contribution in [0.3, 0.4) is 0 Å². The van der Waals surface area contributed by atoms with Crippen molar-refractivity contribution in [3.8, 4) is 11.1 Å². The lowest BCUT2D eigenvalue weighted by molar-refractivity contribution is -0.139. The number of methoxy groups -OCH3 is 1. The molecule has 0 aliphatic carbocycles. The highest BCUT2D eigenvalue weighted by Crippen LogP contribution is 2.32. The minimum absolute atomic E-state index is 0.330. The third-order valence-corrected chi connectivity index (χ3v) is 8.43. The highest BCUT2D eigenvalue weighted by molar-refractivity contribution is 7.98. The van der Waals surface area contributed by atoms with Crippen molar-refractivity contribution in [3.05, 3.63) is 95.1 Å². The molecule has 1 fully saturated rings. The van der Waals surface area contributed by atoms with Crippen LogP contribution in [0, 0.1) is 6.92 Å². The summed E-state index contributed by atoms with van der Waals surface area (Å²) in [5, 5.41) is 12.5. The number of nitrogens with one attached hydrogen (secondary N) is 1. The number of carboxylic acid groups (broad SMARTS) is 1. The summed E-state index contributed by atoms with van der Waals surface area (Å²) >= 11 is 1.56. The SMILES string of the molecule is COC[C@H]1CC[C@@H](Cc2ccccc2)N1Cc1ccc(C(=O)N[C@@H](CCSC)C(=O)O)c(-c2ccccc2C)c1. The molecule has 4 rings (SSSR count). The molecular formula is C33H40N2O4S. The number of carbonyl (C=O) groups excluding carboxylic acids is 1. The highest BCUT2D eigenvalue weighted by atomic mass is 32.2. The van der Waals surface area contributed by atoms with Gasteiger partial charge in [0.05, 0.1) is 6.61 Å². The van der Waals surface area contributed by atoms with Crippen LogP contribution in [0.1, 0.15) is 46.3 Å². The summed E-state index contributed by atoms with van der Waals surface area (Å²) in [5.74, 6) is -0.721. The van der Waals surface area contributed by atoms with Crippen molar-refractivity contribution >= 4 is 23.6 Å². The van der Waals surface area contributed by atoms with Crippen LogP contribution in [0.2, 0.25) is 0 Å². The number of thioether (sulfide) groups is 1. The molecule has 0 aromatic heterocycles. The molecule has 0 unspecified atom stereocenters. The minimum atomic E-state index is -1.01. The fourth-order valence-electron chi connectivity index (χ4n) is 5.68.